The van der Waals surface area contributed by atoms with Crippen LogP contribution in [-0.2, 0) is 18.4 Å². The predicted molar refractivity (Wildman–Crippen MR) is 115 cm³/mol. The van der Waals surface area contributed by atoms with Crippen LogP contribution < -0.4 is 5.32 Å². The molecule has 30 heavy (non-hydrogen) atoms. The van der Waals surface area contributed by atoms with Gasteiger partial charge < -0.3 is 9.88 Å². The minimum Gasteiger partial charge on any atom is -0.326 e. The maximum atomic E-state index is 13.4. The summed E-state index contributed by atoms with van der Waals surface area (Å²) >= 11 is 1.52. The van der Waals surface area contributed by atoms with Crippen molar-refractivity contribution in [3.05, 3.63) is 66.2 Å². The Kier molecular flexibility index (Phi) is 6.44. The molecule has 2 heterocycles. The van der Waals surface area contributed by atoms with Gasteiger partial charge in [-0.1, -0.05) is 12.1 Å². The van der Waals surface area contributed by atoms with Crippen molar-refractivity contribution < 1.29 is 9.18 Å². The molecule has 3 aromatic rings. The number of likely N-dealkylation sites (tertiary alicyclic amines) is 1. The van der Waals surface area contributed by atoms with Gasteiger partial charge >= 0.3 is 0 Å². The van der Waals surface area contributed by atoms with E-state index in [-0.39, 0.29) is 17.6 Å². The number of aromatic nitrogens is 3. The highest BCUT2D eigenvalue weighted by Gasteiger charge is 2.26. The van der Waals surface area contributed by atoms with Crippen LogP contribution in [0.4, 0.5) is 10.1 Å². The van der Waals surface area contributed by atoms with Crippen molar-refractivity contribution in [2.75, 3.05) is 18.4 Å². The third-order valence-electron chi connectivity index (χ3n) is 5.17. The first-order valence-corrected chi connectivity index (χ1v) is 10.8. The number of nitrogens with one attached hydrogen (secondary N) is 1. The Balaban J connectivity index is 1.32. The first-order chi connectivity index (χ1) is 14.6. The minimum atomic E-state index is -0.223. The normalized spacial score (nSPS) is 17.1. The number of carbonyl (C=O) groups is 1. The molecule has 8 heteroatoms. The molecule has 0 saturated carbocycles. The van der Waals surface area contributed by atoms with Gasteiger partial charge in [0, 0.05) is 30.7 Å². The van der Waals surface area contributed by atoms with Crippen molar-refractivity contribution in [2.45, 2.75) is 29.4 Å². The zero-order valence-electron chi connectivity index (χ0n) is 16.8. The quantitative estimate of drug-likeness (QED) is 0.648. The maximum Gasteiger partial charge on any atom is 0.228 e. The Bertz CT molecular complexity index is 1010. The van der Waals surface area contributed by atoms with E-state index in [1.165, 1.54) is 17.8 Å². The van der Waals surface area contributed by atoms with Crippen LogP contribution in [0.2, 0.25) is 0 Å². The van der Waals surface area contributed by atoms with E-state index < -0.39 is 0 Å². The minimum absolute atomic E-state index is 0.0349. The van der Waals surface area contributed by atoms with Crippen molar-refractivity contribution in [3.63, 3.8) is 0 Å². The second kappa shape index (κ2) is 9.40. The Labute approximate surface area is 179 Å². The predicted octanol–water partition coefficient (Wildman–Crippen LogP) is 3.96. The third-order valence-corrected chi connectivity index (χ3v) is 6.23. The van der Waals surface area contributed by atoms with E-state index in [4.69, 9.17) is 0 Å². The number of halogens is 1. The highest BCUT2D eigenvalue weighted by molar-refractivity contribution is 7.99. The summed E-state index contributed by atoms with van der Waals surface area (Å²) in [5.41, 5.74) is 1.72. The third kappa shape index (κ3) is 5.25. The average Bonchev–Trinajstić information content (AvgIpc) is 3.14. The van der Waals surface area contributed by atoms with Gasteiger partial charge in [-0.25, -0.2) is 4.39 Å². The zero-order chi connectivity index (χ0) is 20.9. The highest BCUT2D eigenvalue weighted by atomic mass is 32.2. The lowest BCUT2D eigenvalue weighted by Gasteiger charge is -2.32. The average molecular weight is 426 g/mol. The van der Waals surface area contributed by atoms with Crippen molar-refractivity contribution in [3.8, 4) is 0 Å². The van der Waals surface area contributed by atoms with E-state index in [9.17, 15) is 9.18 Å². The van der Waals surface area contributed by atoms with Gasteiger partial charge in [0.2, 0.25) is 5.91 Å². The van der Waals surface area contributed by atoms with Crippen LogP contribution in [0.25, 0.3) is 0 Å². The van der Waals surface area contributed by atoms with Crippen molar-refractivity contribution in [1.29, 1.82) is 0 Å². The fraction of sp³-hybridized carbons (Fsp3) is 0.318. The van der Waals surface area contributed by atoms with E-state index >= 15 is 0 Å². The van der Waals surface area contributed by atoms with Crippen molar-refractivity contribution in [1.82, 2.24) is 19.7 Å². The molecular formula is C22H24FN5OS. The number of anilines is 1. The van der Waals surface area contributed by atoms with Crippen LogP contribution in [0.15, 0.2) is 64.9 Å². The lowest BCUT2D eigenvalue weighted by atomic mass is 9.96. The van der Waals surface area contributed by atoms with Crippen LogP contribution in [0.3, 0.4) is 0 Å². The molecule has 1 fully saturated rings. The number of amides is 1. The molecule has 0 bridgehead atoms. The van der Waals surface area contributed by atoms with Gasteiger partial charge in [-0.05, 0) is 73.1 Å². The molecule has 1 saturated heterocycles. The second-order valence-electron chi connectivity index (χ2n) is 7.54. The van der Waals surface area contributed by atoms with Gasteiger partial charge in [0.05, 0.1) is 5.92 Å². The number of hydrogen-bond donors (Lipinski definition) is 1. The van der Waals surface area contributed by atoms with Crippen molar-refractivity contribution in [2.24, 2.45) is 13.0 Å². The number of carbonyl (C=O) groups excluding carboxylic acids is 1. The molecule has 1 N–H and O–H groups in total. The van der Waals surface area contributed by atoms with Crippen LogP contribution in [-0.4, -0.2) is 38.7 Å². The number of rotatable bonds is 6. The highest BCUT2D eigenvalue weighted by Crippen LogP contribution is 2.27. The first-order valence-electron chi connectivity index (χ1n) is 9.96. The summed E-state index contributed by atoms with van der Waals surface area (Å²) in [6, 6.07) is 14.4. The SMILES string of the molecule is Cn1cnnc1Sc1ccc(NC(=O)C2CCCN(Cc3cccc(F)c3)C2)cc1. The molecule has 1 unspecified atom stereocenters. The molecule has 156 valence electrons. The molecule has 1 aliphatic rings. The number of nitrogens with zero attached hydrogens (tertiary/aromatic N) is 4. The summed E-state index contributed by atoms with van der Waals surface area (Å²) < 4.78 is 15.3. The second-order valence-corrected chi connectivity index (χ2v) is 8.58. The summed E-state index contributed by atoms with van der Waals surface area (Å²) in [5, 5.41) is 11.8. The Hall–Kier alpha value is -2.71. The van der Waals surface area contributed by atoms with E-state index in [2.05, 4.69) is 20.4 Å². The summed E-state index contributed by atoms with van der Waals surface area (Å²) in [5.74, 6) is -0.257. The van der Waals surface area contributed by atoms with Gasteiger partial charge in [0.15, 0.2) is 5.16 Å². The first kappa shape index (κ1) is 20.6. The van der Waals surface area contributed by atoms with Crippen LogP contribution in [0.5, 0.6) is 0 Å². The molecule has 0 radical (unpaired) electrons. The largest absolute Gasteiger partial charge is 0.326 e. The summed E-state index contributed by atoms with van der Waals surface area (Å²) in [4.78, 5) is 16.0. The molecule has 0 spiro atoms. The van der Waals surface area contributed by atoms with Gasteiger partial charge in [-0.15, -0.1) is 10.2 Å². The molecule has 1 aliphatic heterocycles. The summed E-state index contributed by atoms with van der Waals surface area (Å²) in [7, 11) is 1.90. The van der Waals surface area contributed by atoms with E-state index in [0.717, 1.165) is 40.7 Å². The van der Waals surface area contributed by atoms with E-state index in [1.807, 2.05) is 41.9 Å². The van der Waals surface area contributed by atoms with E-state index in [1.54, 1.807) is 18.5 Å². The molecule has 1 amide bonds. The van der Waals surface area contributed by atoms with Gasteiger partial charge in [0.25, 0.3) is 0 Å². The fourth-order valence-electron chi connectivity index (χ4n) is 3.63. The number of aryl methyl sites for hydroxylation is 1. The Morgan fingerprint density at radius 3 is 2.83 bits per heavy atom. The van der Waals surface area contributed by atoms with Crippen LogP contribution in [0, 0.1) is 11.7 Å². The molecule has 1 aromatic heterocycles. The summed E-state index contributed by atoms with van der Waals surface area (Å²) in [6.07, 6.45) is 3.49. The van der Waals surface area contributed by atoms with Crippen LogP contribution in [0.1, 0.15) is 18.4 Å². The molecule has 2 aromatic carbocycles. The molecule has 4 rings (SSSR count). The molecule has 0 aliphatic carbocycles. The molecule has 1 atom stereocenters. The molecule has 6 nitrogen and oxygen atoms in total. The monoisotopic (exact) mass is 425 g/mol. The number of piperidine rings is 1. The van der Waals surface area contributed by atoms with Crippen molar-refractivity contribution >= 4 is 23.4 Å². The fourth-order valence-corrected chi connectivity index (χ4v) is 4.39. The standard InChI is InChI=1S/C22H24FN5OS/c1-27-15-24-26-22(27)30-20-9-7-19(8-10-20)25-21(29)17-5-3-11-28(14-17)13-16-4-2-6-18(23)12-16/h2,4,6-10,12,15,17H,3,5,11,13-14H2,1H3,(H,25,29). The van der Waals surface area contributed by atoms with Gasteiger partial charge in [0.1, 0.15) is 12.1 Å². The van der Waals surface area contributed by atoms with E-state index in [0.29, 0.717) is 13.1 Å². The lowest BCUT2D eigenvalue weighted by molar-refractivity contribution is -0.121. The molecular weight excluding hydrogens is 401 g/mol. The smallest absolute Gasteiger partial charge is 0.228 e. The van der Waals surface area contributed by atoms with Crippen LogP contribution >= 0.6 is 11.8 Å². The lowest BCUT2D eigenvalue weighted by Crippen LogP contribution is -2.40. The Morgan fingerprint density at radius 2 is 2.10 bits per heavy atom. The maximum absolute atomic E-state index is 13.4. The topological polar surface area (TPSA) is 63.1 Å². The van der Waals surface area contributed by atoms with Gasteiger partial charge in [-0.2, -0.15) is 0 Å². The number of benzene rings is 2. The Morgan fingerprint density at radius 1 is 1.27 bits per heavy atom. The summed E-state index contributed by atoms with van der Waals surface area (Å²) in [6.45, 7) is 2.27. The zero-order valence-corrected chi connectivity index (χ0v) is 17.6. The number of hydrogen-bond acceptors (Lipinski definition) is 5. The van der Waals surface area contributed by atoms with Gasteiger partial charge in [-0.3, -0.25) is 9.69 Å².